The highest BCUT2D eigenvalue weighted by Crippen LogP contribution is 2.08. The SMILES string of the molecule is O=C(NCNC(=O)OCC1CO1)OCC1CO1. The molecule has 0 bridgehead atoms. The summed E-state index contributed by atoms with van der Waals surface area (Å²) in [5.41, 5.74) is 0. The lowest BCUT2D eigenvalue weighted by Gasteiger charge is -2.07. The molecule has 2 aliphatic heterocycles. The summed E-state index contributed by atoms with van der Waals surface area (Å²) in [5.74, 6) is 0. The second-order valence-corrected chi connectivity index (χ2v) is 3.64. The standard InChI is InChI=1S/C9H14N2O6/c12-8(16-3-6-1-14-6)10-5-11-9(13)17-4-7-2-15-7/h6-7H,1-5H2,(H,10,12)(H,11,13). The molecule has 8 nitrogen and oxygen atoms in total. The van der Waals surface area contributed by atoms with Crippen molar-refractivity contribution in [3.05, 3.63) is 0 Å². The van der Waals surface area contributed by atoms with Crippen LogP contribution in [0.4, 0.5) is 9.59 Å². The molecular formula is C9H14N2O6. The second-order valence-electron chi connectivity index (χ2n) is 3.64. The summed E-state index contributed by atoms with van der Waals surface area (Å²) >= 11 is 0. The molecule has 0 saturated carbocycles. The van der Waals surface area contributed by atoms with Crippen LogP contribution >= 0.6 is 0 Å². The van der Waals surface area contributed by atoms with Crippen molar-refractivity contribution in [1.29, 1.82) is 0 Å². The Hall–Kier alpha value is -1.54. The Morgan fingerprint density at radius 3 is 1.76 bits per heavy atom. The van der Waals surface area contributed by atoms with Crippen molar-refractivity contribution in [2.24, 2.45) is 0 Å². The van der Waals surface area contributed by atoms with Gasteiger partial charge in [0, 0.05) is 0 Å². The molecule has 0 aromatic heterocycles. The van der Waals surface area contributed by atoms with E-state index in [-0.39, 0.29) is 32.1 Å². The minimum Gasteiger partial charge on any atom is -0.447 e. The Kier molecular flexibility index (Phi) is 3.99. The zero-order chi connectivity index (χ0) is 12.1. The van der Waals surface area contributed by atoms with Crippen LogP contribution in [0.25, 0.3) is 0 Å². The van der Waals surface area contributed by atoms with Gasteiger partial charge in [-0.2, -0.15) is 0 Å². The van der Waals surface area contributed by atoms with E-state index in [1.165, 1.54) is 0 Å². The summed E-state index contributed by atoms with van der Waals surface area (Å²) in [7, 11) is 0. The molecule has 17 heavy (non-hydrogen) atoms. The van der Waals surface area contributed by atoms with Crippen LogP contribution in [0.2, 0.25) is 0 Å². The first-order chi connectivity index (χ1) is 8.24. The summed E-state index contributed by atoms with van der Waals surface area (Å²) in [6, 6.07) is 0. The molecule has 2 rings (SSSR count). The van der Waals surface area contributed by atoms with Gasteiger partial charge in [0.05, 0.1) is 19.9 Å². The van der Waals surface area contributed by atoms with E-state index in [2.05, 4.69) is 10.6 Å². The fourth-order valence-electron chi connectivity index (χ4n) is 0.956. The van der Waals surface area contributed by atoms with Crippen molar-refractivity contribution in [2.75, 3.05) is 33.1 Å². The minimum absolute atomic E-state index is 0.0252. The van der Waals surface area contributed by atoms with Crippen LogP contribution in [0.15, 0.2) is 0 Å². The lowest BCUT2D eigenvalue weighted by Crippen LogP contribution is -2.38. The van der Waals surface area contributed by atoms with Crippen LogP contribution in [0, 0.1) is 0 Å². The van der Waals surface area contributed by atoms with Gasteiger partial charge in [-0.05, 0) is 0 Å². The van der Waals surface area contributed by atoms with E-state index in [1.807, 2.05) is 0 Å². The monoisotopic (exact) mass is 246 g/mol. The van der Waals surface area contributed by atoms with E-state index >= 15 is 0 Å². The molecule has 0 radical (unpaired) electrons. The van der Waals surface area contributed by atoms with Crippen molar-refractivity contribution in [2.45, 2.75) is 12.2 Å². The Labute approximate surface area is 97.5 Å². The third kappa shape index (κ3) is 5.36. The number of epoxide rings is 2. The molecule has 2 aliphatic rings. The number of nitrogens with one attached hydrogen (secondary N) is 2. The first kappa shape index (κ1) is 11.9. The van der Waals surface area contributed by atoms with Crippen LogP contribution in [-0.2, 0) is 18.9 Å². The van der Waals surface area contributed by atoms with E-state index in [1.54, 1.807) is 0 Å². The normalized spacial score (nSPS) is 24.7. The predicted octanol–water partition coefficient (Wildman–Crippen LogP) is -0.806. The van der Waals surface area contributed by atoms with E-state index < -0.39 is 12.2 Å². The lowest BCUT2D eigenvalue weighted by molar-refractivity contribution is 0.128. The van der Waals surface area contributed by atoms with E-state index in [9.17, 15) is 9.59 Å². The third-order valence-corrected chi connectivity index (χ3v) is 2.07. The molecule has 2 amide bonds. The molecule has 0 aromatic carbocycles. The van der Waals surface area contributed by atoms with Crippen molar-refractivity contribution in [3.63, 3.8) is 0 Å². The molecule has 0 aromatic rings. The molecule has 2 fully saturated rings. The molecular weight excluding hydrogens is 232 g/mol. The minimum atomic E-state index is -0.605. The third-order valence-electron chi connectivity index (χ3n) is 2.07. The Bertz CT molecular complexity index is 261. The Morgan fingerprint density at radius 1 is 1.00 bits per heavy atom. The van der Waals surface area contributed by atoms with Gasteiger partial charge in [-0.25, -0.2) is 9.59 Å². The van der Waals surface area contributed by atoms with Crippen LogP contribution in [0.3, 0.4) is 0 Å². The van der Waals surface area contributed by atoms with Crippen molar-refractivity contribution in [1.82, 2.24) is 10.6 Å². The zero-order valence-corrected chi connectivity index (χ0v) is 9.14. The number of carbonyl (C=O) groups excluding carboxylic acids is 2. The maximum absolute atomic E-state index is 11.0. The number of ether oxygens (including phenoxy) is 4. The largest absolute Gasteiger partial charge is 0.447 e. The number of alkyl carbamates (subject to hydrolysis) is 2. The highest BCUT2D eigenvalue weighted by atomic mass is 16.6. The molecule has 2 unspecified atom stereocenters. The quantitative estimate of drug-likeness (QED) is 0.469. The maximum atomic E-state index is 11.0. The molecule has 2 saturated heterocycles. The van der Waals surface area contributed by atoms with E-state index in [4.69, 9.17) is 18.9 Å². The summed E-state index contributed by atoms with van der Waals surface area (Å²) in [6.07, 6.45) is -1.16. The van der Waals surface area contributed by atoms with Gasteiger partial charge < -0.3 is 29.6 Å². The molecule has 2 N–H and O–H groups in total. The Balaban J connectivity index is 1.42. The Morgan fingerprint density at radius 2 is 1.41 bits per heavy atom. The van der Waals surface area contributed by atoms with Crippen LogP contribution < -0.4 is 10.6 Å². The van der Waals surface area contributed by atoms with Crippen molar-refractivity contribution < 1.29 is 28.5 Å². The topological polar surface area (TPSA) is 102 Å². The summed E-state index contributed by atoms with van der Waals surface area (Å²) in [5, 5.41) is 4.68. The van der Waals surface area contributed by atoms with Gasteiger partial charge in [0.2, 0.25) is 0 Å². The fraction of sp³-hybridized carbons (Fsp3) is 0.778. The number of carbonyl (C=O) groups is 2. The van der Waals surface area contributed by atoms with E-state index in [0.29, 0.717) is 13.2 Å². The van der Waals surface area contributed by atoms with Crippen LogP contribution in [0.1, 0.15) is 0 Å². The van der Waals surface area contributed by atoms with Crippen molar-refractivity contribution in [3.8, 4) is 0 Å². The predicted molar refractivity (Wildman–Crippen MR) is 53.3 cm³/mol. The smallest absolute Gasteiger partial charge is 0.408 e. The highest BCUT2D eigenvalue weighted by Gasteiger charge is 2.25. The number of hydrogen-bond acceptors (Lipinski definition) is 6. The number of rotatable bonds is 6. The zero-order valence-electron chi connectivity index (χ0n) is 9.14. The molecule has 0 aliphatic carbocycles. The molecule has 8 heteroatoms. The molecule has 2 atom stereocenters. The van der Waals surface area contributed by atoms with Gasteiger partial charge in [-0.15, -0.1) is 0 Å². The molecule has 0 spiro atoms. The van der Waals surface area contributed by atoms with Crippen molar-refractivity contribution >= 4 is 12.2 Å². The summed E-state index contributed by atoms with van der Waals surface area (Å²) < 4.78 is 19.2. The molecule has 2 heterocycles. The number of amides is 2. The van der Waals surface area contributed by atoms with E-state index in [0.717, 1.165) is 0 Å². The van der Waals surface area contributed by atoms with Gasteiger partial charge in [0.25, 0.3) is 0 Å². The first-order valence-corrected chi connectivity index (χ1v) is 5.28. The second kappa shape index (κ2) is 5.69. The molecule has 96 valence electrons. The van der Waals surface area contributed by atoms with Gasteiger partial charge in [0.15, 0.2) is 0 Å². The lowest BCUT2D eigenvalue weighted by atomic mass is 10.5. The average molecular weight is 246 g/mol. The van der Waals surface area contributed by atoms with Gasteiger partial charge >= 0.3 is 12.2 Å². The van der Waals surface area contributed by atoms with Crippen LogP contribution in [-0.4, -0.2) is 57.5 Å². The maximum Gasteiger partial charge on any atom is 0.408 e. The fourth-order valence-corrected chi connectivity index (χ4v) is 0.956. The summed E-state index contributed by atoms with van der Waals surface area (Å²) in [4.78, 5) is 22.1. The average Bonchev–Trinajstić information content (AvgIpc) is 3.16. The van der Waals surface area contributed by atoms with Gasteiger partial charge in [-0.3, -0.25) is 0 Å². The number of hydrogen-bond donors (Lipinski definition) is 2. The van der Waals surface area contributed by atoms with Gasteiger partial charge in [0.1, 0.15) is 25.4 Å². The highest BCUT2D eigenvalue weighted by molar-refractivity contribution is 5.70. The summed E-state index contributed by atoms with van der Waals surface area (Å²) in [6.45, 7) is 1.67. The first-order valence-electron chi connectivity index (χ1n) is 5.28. The van der Waals surface area contributed by atoms with Gasteiger partial charge in [-0.1, -0.05) is 0 Å². The van der Waals surface area contributed by atoms with Crippen LogP contribution in [0.5, 0.6) is 0 Å².